The second kappa shape index (κ2) is 9.28. The monoisotopic (exact) mass is 366 g/mol. The highest BCUT2D eigenvalue weighted by Gasteiger charge is 2.30. The maximum absolute atomic E-state index is 13.8. The summed E-state index contributed by atoms with van der Waals surface area (Å²) in [5.41, 5.74) is 0.320. The van der Waals surface area contributed by atoms with Crippen molar-refractivity contribution >= 4 is 0 Å². The smallest absolute Gasteiger partial charge is 0.194 e. The summed E-state index contributed by atoms with van der Waals surface area (Å²) in [6.45, 7) is 2.29. The molecule has 0 atom stereocenters. The third-order valence-corrected chi connectivity index (χ3v) is 7.08. The molecule has 0 bridgehead atoms. The summed E-state index contributed by atoms with van der Waals surface area (Å²) < 4.78 is 40.2. The molecule has 2 aliphatic rings. The molecule has 0 spiro atoms. The highest BCUT2D eigenvalue weighted by Crippen LogP contribution is 2.43. The van der Waals surface area contributed by atoms with E-state index in [1.165, 1.54) is 70.3 Å². The fourth-order valence-corrected chi connectivity index (χ4v) is 5.42. The molecule has 26 heavy (non-hydrogen) atoms. The van der Waals surface area contributed by atoms with E-state index in [1.807, 2.05) is 0 Å². The lowest BCUT2D eigenvalue weighted by Gasteiger charge is -2.38. The lowest BCUT2D eigenvalue weighted by Crippen LogP contribution is -2.26. The Labute approximate surface area is 156 Å². The van der Waals surface area contributed by atoms with Gasteiger partial charge in [-0.2, -0.15) is 0 Å². The molecule has 146 valence electrons. The lowest BCUT2D eigenvalue weighted by molar-refractivity contribution is 0.141. The first-order chi connectivity index (χ1) is 12.6. The fraction of sp³-hybridized carbons (Fsp3) is 0.739. The first-order valence-corrected chi connectivity index (χ1v) is 10.7. The van der Waals surface area contributed by atoms with Crippen molar-refractivity contribution < 1.29 is 13.2 Å². The molecular weight excluding hydrogens is 333 g/mol. The first kappa shape index (κ1) is 19.8. The SMILES string of the molecule is CCCC1CCC(C2CCC(CCc3ccc(F)c(F)c3F)CC2)CC1. The average molecular weight is 367 g/mol. The molecule has 1 aromatic rings. The van der Waals surface area contributed by atoms with Crippen LogP contribution in [0.5, 0.6) is 0 Å². The van der Waals surface area contributed by atoms with Crippen molar-refractivity contribution in [2.24, 2.45) is 23.7 Å². The highest BCUT2D eigenvalue weighted by molar-refractivity contribution is 5.20. The number of hydrogen-bond acceptors (Lipinski definition) is 0. The number of aryl methyl sites for hydroxylation is 1. The van der Waals surface area contributed by atoms with Gasteiger partial charge < -0.3 is 0 Å². The second-order valence-corrected chi connectivity index (χ2v) is 8.72. The van der Waals surface area contributed by atoms with Gasteiger partial charge in [0.25, 0.3) is 0 Å². The van der Waals surface area contributed by atoms with Gasteiger partial charge in [-0.15, -0.1) is 0 Å². The minimum atomic E-state index is -1.33. The molecule has 0 unspecified atom stereocenters. The zero-order valence-corrected chi connectivity index (χ0v) is 16.1. The molecule has 3 rings (SSSR count). The van der Waals surface area contributed by atoms with E-state index in [2.05, 4.69) is 6.92 Å². The maximum Gasteiger partial charge on any atom is 0.194 e. The molecule has 2 fully saturated rings. The zero-order chi connectivity index (χ0) is 18.5. The minimum Gasteiger partial charge on any atom is -0.204 e. The standard InChI is InChI=1S/C23H33F3/c1-2-3-16-4-9-18(10-5-16)19-11-6-17(7-12-19)8-13-20-14-15-21(24)23(26)22(20)25/h14-19H,2-13H2,1H3. The van der Waals surface area contributed by atoms with E-state index in [9.17, 15) is 13.2 Å². The van der Waals surface area contributed by atoms with Crippen LogP contribution in [0.15, 0.2) is 12.1 Å². The Balaban J connectivity index is 1.41. The number of hydrogen-bond donors (Lipinski definition) is 0. The summed E-state index contributed by atoms with van der Waals surface area (Å²) >= 11 is 0. The number of rotatable bonds is 6. The van der Waals surface area contributed by atoms with Crippen LogP contribution in [-0.2, 0) is 6.42 Å². The minimum absolute atomic E-state index is 0.320. The van der Waals surface area contributed by atoms with Crippen molar-refractivity contribution in [3.8, 4) is 0 Å². The molecular formula is C23H33F3. The van der Waals surface area contributed by atoms with Crippen LogP contribution in [0, 0.1) is 41.1 Å². The van der Waals surface area contributed by atoms with E-state index in [4.69, 9.17) is 0 Å². The highest BCUT2D eigenvalue weighted by atomic mass is 19.2. The van der Waals surface area contributed by atoms with E-state index in [0.717, 1.165) is 30.2 Å². The average Bonchev–Trinajstić information content (AvgIpc) is 2.67. The molecule has 2 aliphatic carbocycles. The van der Waals surface area contributed by atoms with Gasteiger partial charge in [-0.05, 0) is 73.8 Å². The van der Waals surface area contributed by atoms with Crippen LogP contribution in [0.3, 0.4) is 0 Å². The molecule has 0 aliphatic heterocycles. The van der Waals surface area contributed by atoms with Gasteiger partial charge in [-0.1, -0.05) is 51.5 Å². The number of benzene rings is 1. The summed E-state index contributed by atoms with van der Waals surface area (Å²) in [5.74, 6) is -0.0388. The molecule has 0 saturated heterocycles. The topological polar surface area (TPSA) is 0 Å². The van der Waals surface area contributed by atoms with Crippen LogP contribution < -0.4 is 0 Å². The molecule has 0 radical (unpaired) electrons. The van der Waals surface area contributed by atoms with Gasteiger partial charge in [0.2, 0.25) is 0 Å². The van der Waals surface area contributed by atoms with Gasteiger partial charge in [-0.25, -0.2) is 13.2 Å². The molecule has 0 N–H and O–H groups in total. The lowest BCUT2D eigenvalue weighted by atomic mass is 9.68. The molecule has 3 heteroatoms. The molecule has 2 saturated carbocycles. The van der Waals surface area contributed by atoms with E-state index in [1.54, 1.807) is 0 Å². The van der Waals surface area contributed by atoms with Gasteiger partial charge >= 0.3 is 0 Å². The first-order valence-electron chi connectivity index (χ1n) is 10.7. The number of halogens is 3. The summed E-state index contributed by atoms with van der Waals surface area (Å²) in [6.07, 6.45) is 14.8. The molecule has 0 heterocycles. The Morgan fingerprint density at radius 3 is 1.81 bits per heavy atom. The van der Waals surface area contributed by atoms with Crippen LogP contribution in [0.4, 0.5) is 13.2 Å². The quantitative estimate of drug-likeness (QED) is 0.459. The fourth-order valence-electron chi connectivity index (χ4n) is 5.42. The third kappa shape index (κ3) is 4.84. The largest absolute Gasteiger partial charge is 0.204 e. The normalized spacial score (nSPS) is 29.7. The zero-order valence-electron chi connectivity index (χ0n) is 16.1. The summed E-state index contributed by atoms with van der Waals surface area (Å²) in [6, 6.07) is 2.44. The van der Waals surface area contributed by atoms with Gasteiger partial charge in [0, 0.05) is 0 Å². The van der Waals surface area contributed by atoms with E-state index < -0.39 is 17.5 Å². The maximum atomic E-state index is 13.8. The summed E-state index contributed by atoms with van der Waals surface area (Å²) in [7, 11) is 0. The van der Waals surface area contributed by atoms with Gasteiger partial charge in [0.05, 0.1) is 0 Å². The van der Waals surface area contributed by atoms with Crippen LogP contribution in [0.25, 0.3) is 0 Å². The van der Waals surface area contributed by atoms with Crippen molar-refractivity contribution in [3.05, 3.63) is 35.1 Å². The Morgan fingerprint density at radius 1 is 0.731 bits per heavy atom. The van der Waals surface area contributed by atoms with Crippen molar-refractivity contribution in [2.45, 2.75) is 84.0 Å². The molecule has 0 amide bonds. The Morgan fingerprint density at radius 2 is 1.27 bits per heavy atom. The van der Waals surface area contributed by atoms with E-state index >= 15 is 0 Å². The van der Waals surface area contributed by atoms with Crippen LogP contribution >= 0.6 is 0 Å². The van der Waals surface area contributed by atoms with Crippen LogP contribution in [0.2, 0.25) is 0 Å². The summed E-state index contributed by atoms with van der Waals surface area (Å²) in [4.78, 5) is 0. The van der Waals surface area contributed by atoms with Gasteiger partial charge in [0.15, 0.2) is 17.5 Å². The van der Waals surface area contributed by atoms with Crippen LogP contribution in [0.1, 0.15) is 83.1 Å². The van der Waals surface area contributed by atoms with Crippen molar-refractivity contribution in [2.75, 3.05) is 0 Å². The van der Waals surface area contributed by atoms with Crippen LogP contribution in [-0.4, -0.2) is 0 Å². The Kier molecular flexibility index (Phi) is 7.05. The van der Waals surface area contributed by atoms with E-state index in [0.29, 0.717) is 17.9 Å². The predicted molar refractivity (Wildman–Crippen MR) is 100 cm³/mol. The van der Waals surface area contributed by atoms with Crippen molar-refractivity contribution in [1.82, 2.24) is 0 Å². The molecule has 1 aromatic carbocycles. The predicted octanol–water partition coefficient (Wildman–Crippen LogP) is 7.45. The Bertz CT molecular complexity index is 567. The molecule has 0 nitrogen and oxygen atoms in total. The third-order valence-electron chi connectivity index (χ3n) is 7.08. The second-order valence-electron chi connectivity index (χ2n) is 8.72. The Hall–Kier alpha value is -0.990. The van der Waals surface area contributed by atoms with Gasteiger partial charge in [0.1, 0.15) is 0 Å². The molecule has 0 aromatic heterocycles. The van der Waals surface area contributed by atoms with Crippen molar-refractivity contribution in [1.29, 1.82) is 0 Å². The van der Waals surface area contributed by atoms with Gasteiger partial charge in [-0.3, -0.25) is 0 Å². The summed E-state index contributed by atoms with van der Waals surface area (Å²) in [5, 5.41) is 0. The van der Waals surface area contributed by atoms with Crippen molar-refractivity contribution in [3.63, 3.8) is 0 Å². The van der Waals surface area contributed by atoms with E-state index in [-0.39, 0.29) is 0 Å².